The molecule has 8 heteroatoms. The summed E-state index contributed by atoms with van der Waals surface area (Å²) in [5.74, 6) is -0.0460. The Morgan fingerprint density at radius 2 is 2.10 bits per heavy atom. The van der Waals surface area contributed by atoms with E-state index in [-0.39, 0.29) is 18.4 Å². The van der Waals surface area contributed by atoms with Crippen LogP contribution in [0.1, 0.15) is 17.5 Å². The second kappa shape index (κ2) is 8.36. The van der Waals surface area contributed by atoms with Crippen molar-refractivity contribution < 1.29 is 14.3 Å². The third kappa shape index (κ3) is 4.03. The average Bonchev–Trinajstić information content (AvgIpc) is 2.80. The molecule has 8 nitrogen and oxygen atoms in total. The molecule has 2 amide bonds. The van der Waals surface area contributed by atoms with Gasteiger partial charge in [0.2, 0.25) is 5.91 Å². The molecule has 3 heterocycles. The molecule has 0 saturated heterocycles. The maximum absolute atomic E-state index is 12.4. The summed E-state index contributed by atoms with van der Waals surface area (Å²) in [6.07, 6.45) is 6.41. The first kappa shape index (κ1) is 19.6. The highest BCUT2D eigenvalue weighted by Crippen LogP contribution is 2.31. The molecule has 0 saturated carbocycles. The Hall–Kier alpha value is -3.68. The first-order valence-corrected chi connectivity index (χ1v) is 9.71. The van der Waals surface area contributed by atoms with Crippen LogP contribution in [0.25, 0.3) is 11.1 Å². The van der Waals surface area contributed by atoms with E-state index in [0.717, 1.165) is 34.4 Å². The van der Waals surface area contributed by atoms with E-state index in [1.165, 1.54) is 7.11 Å². The van der Waals surface area contributed by atoms with Crippen molar-refractivity contribution in [3.8, 4) is 11.1 Å². The number of nitrogens with one attached hydrogen (secondary N) is 2. The number of amidine groups is 1. The summed E-state index contributed by atoms with van der Waals surface area (Å²) in [7, 11) is 3.33. The molecule has 1 aromatic heterocycles. The summed E-state index contributed by atoms with van der Waals surface area (Å²) in [5.41, 5.74) is 5.56. The summed E-state index contributed by atoms with van der Waals surface area (Å²) in [6, 6.07) is 8.50. The lowest BCUT2D eigenvalue weighted by molar-refractivity contribution is -0.119. The molecule has 2 N–H and O–H groups in total. The van der Waals surface area contributed by atoms with Crippen LogP contribution in [-0.4, -0.2) is 43.5 Å². The van der Waals surface area contributed by atoms with Gasteiger partial charge in [-0.2, -0.15) is 0 Å². The summed E-state index contributed by atoms with van der Waals surface area (Å²) >= 11 is 0. The minimum absolute atomic E-state index is 0.141. The first-order chi connectivity index (χ1) is 14.5. The lowest BCUT2D eigenvalue weighted by atomic mass is 9.96. The zero-order chi connectivity index (χ0) is 21.1. The van der Waals surface area contributed by atoms with Crippen LogP contribution in [0.15, 0.2) is 53.4 Å². The number of nitrogens with zero attached hydrogens (tertiary/aromatic N) is 3. The fourth-order valence-corrected chi connectivity index (χ4v) is 3.53. The van der Waals surface area contributed by atoms with Gasteiger partial charge in [0.15, 0.2) is 0 Å². The number of ether oxygens (including phenoxy) is 1. The van der Waals surface area contributed by atoms with E-state index in [9.17, 15) is 9.59 Å². The molecule has 30 heavy (non-hydrogen) atoms. The number of rotatable bonds is 4. The first-order valence-electron chi connectivity index (χ1n) is 9.71. The number of carbonyl (C=O) groups excluding carboxylic acids is 2. The van der Waals surface area contributed by atoms with Crippen LogP contribution < -0.4 is 15.5 Å². The van der Waals surface area contributed by atoms with Crippen LogP contribution in [0, 0.1) is 0 Å². The van der Waals surface area contributed by atoms with Gasteiger partial charge in [0.1, 0.15) is 0 Å². The van der Waals surface area contributed by atoms with Crippen LogP contribution in [0.2, 0.25) is 0 Å². The predicted molar refractivity (Wildman–Crippen MR) is 114 cm³/mol. The number of anilines is 1. The number of methoxy groups -OCH3 is 1. The molecular weight excluding hydrogens is 382 g/mol. The molecule has 0 aliphatic carbocycles. The van der Waals surface area contributed by atoms with Crippen molar-refractivity contribution in [1.29, 1.82) is 0 Å². The van der Waals surface area contributed by atoms with Crippen LogP contribution >= 0.6 is 0 Å². The number of fused-ring (bicyclic) bond motifs is 1. The van der Waals surface area contributed by atoms with E-state index >= 15 is 0 Å². The number of carbonyl (C=O) groups is 2. The third-order valence-corrected chi connectivity index (χ3v) is 5.25. The van der Waals surface area contributed by atoms with Crippen LogP contribution in [0.4, 0.5) is 5.69 Å². The quantitative estimate of drug-likeness (QED) is 0.808. The zero-order valence-electron chi connectivity index (χ0n) is 16.9. The Labute approximate surface area is 174 Å². The van der Waals surface area contributed by atoms with Gasteiger partial charge < -0.3 is 20.3 Å². The normalized spacial score (nSPS) is 15.5. The molecule has 0 fully saturated rings. The Morgan fingerprint density at radius 3 is 2.87 bits per heavy atom. The molecule has 1 aromatic carbocycles. The number of aromatic nitrogens is 1. The minimum Gasteiger partial charge on any atom is -0.468 e. The number of pyridine rings is 1. The van der Waals surface area contributed by atoms with E-state index in [4.69, 9.17) is 4.74 Å². The van der Waals surface area contributed by atoms with Crippen molar-refractivity contribution in [3.05, 3.63) is 59.6 Å². The highest BCUT2D eigenvalue weighted by molar-refractivity contribution is 5.96. The van der Waals surface area contributed by atoms with Crippen molar-refractivity contribution in [1.82, 2.24) is 15.6 Å². The largest absolute Gasteiger partial charge is 0.468 e. The number of hydrogen-bond donors (Lipinski definition) is 2. The van der Waals surface area contributed by atoms with E-state index in [0.29, 0.717) is 24.6 Å². The molecule has 0 spiro atoms. The van der Waals surface area contributed by atoms with Crippen LogP contribution in [-0.2, 0) is 27.3 Å². The standard InChI is InChI=1S/C22H23N5O3/c1-27-19-5-3-15(8-16(19)4-6-20(27)28)17-7-14(9-23-11-17)10-24-21(29)18-12-25-22(30-2)26-13-18/h3,5,7-9,11-12H,4,6,10,13H2,1-2H3,(H,24,29)(H,25,26). The van der Waals surface area contributed by atoms with Crippen LogP contribution in [0.3, 0.4) is 0 Å². The summed E-state index contributed by atoms with van der Waals surface area (Å²) in [5, 5.41) is 5.73. The molecular formula is C22H23N5O3. The van der Waals surface area contributed by atoms with Gasteiger partial charge >= 0.3 is 0 Å². The summed E-state index contributed by atoms with van der Waals surface area (Å²) in [4.78, 5) is 34.4. The SMILES string of the molecule is COC1=NCC(C(=O)NCc2cncc(-c3ccc4c(c3)CCC(=O)N4C)c2)=CN1. The van der Waals surface area contributed by atoms with Crippen LogP contribution in [0.5, 0.6) is 0 Å². The average molecular weight is 405 g/mol. The van der Waals surface area contributed by atoms with E-state index in [2.05, 4.69) is 26.7 Å². The third-order valence-electron chi connectivity index (χ3n) is 5.25. The van der Waals surface area contributed by atoms with Crippen molar-refractivity contribution in [2.75, 3.05) is 25.6 Å². The van der Waals surface area contributed by atoms with Gasteiger partial charge in [-0.05, 0) is 41.3 Å². The Balaban J connectivity index is 1.44. The summed E-state index contributed by atoms with van der Waals surface area (Å²) < 4.78 is 4.98. The molecule has 0 bridgehead atoms. The maximum atomic E-state index is 12.4. The zero-order valence-corrected chi connectivity index (χ0v) is 16.9. The number of aryl methyl sites for hydroxylation is 1. The second-order valence-electron chi connectivity index (χ2n) is 7.20. The van der Waals surface area contributed by atoms with Gasteiger partial charge in [-0.3, -0.25) is 14.6 Å². The van der Waals surface area contributed by atoms with Crippen molar-refractivity contribution in [2.45, 2.75) is 19.4 Å². The highest BCUT2D eigenvalue weighted by Gasteiger charge is 2.21. The smallest absolute Gasteiger partial charge is 0.288 e. The lowest BCUT2D eigenvalue weighted by Gasteiger charge is -2.26. The number of hydrogen-bond acceptors (Lipinski definition) is 6. The number of benzene rings is 1. The molecule has 0 unspecified atom stereocenters. The second-order valence-corrected chi connectivity index (χ2v) is 7.20. The highest BCUT2D eigenvalue weighted by atomic mass is 16.5. The predicted octanol–water partition coefficient (Wildman–Crippen LogP) is 1.76. The maximum Gasteiger partial charge on any atom is 0.288 e. The van der Waals surface area contributed by atoms with Gasteiger partial charge in [0, 0.05) is 49.9 Å². The van der Waals surface area contributed by atoms with Gasteiger partial charge in [-0.25, -0.2) is 4.99 Å². The molecule has 2 aliphatic rings. The molecule has 0 atom stereocenters. The Kier molecular flexibility index (Phi) is 5.47. The minimum atomic E-state index is -0.187. The van der Waals surface area contributed by atoms with E-state index in [1.807, 2.05) is 25.2 Å². The van der Waals surface area contributed by atoms with Crippen molar-refractivity contribution in [3.63, 3.8) is 0 Å². The molecule has 4 rings (SSSR count). The van der Waals surface area contributed by atoms with Gasteiger partial charge in [-0.1, -0.05) is 6.07 Å². The van der Waals surface area contributed by atoms with Gasteiger partial charge in [0.05, 0.1) is 19.2 Å². The monoisotopic (exact) mass is 405 g/mol. The van der Waals surface area contributed by atoms with E-state index < -0.39 is 0 Å². The number of amides is 2. The summed E-state index contributed by atoms with van der Waals surface area (Å²) in [6.45, 7) is 0.631. The number of aliphatic imine (C=N–C) groups is 1. The van der Waals surface area contributed by atoms with Gasteiger partial charge in [0.25, 0.3) is 11.9 Å². The molecule has 2 aromatic rings. The fourth-order valence-electron chi connectivity index (χ4n) is 3.53. The molecule has 2 aliphatic heterocycles. The topological polar surface area (TPSA) is 95.9 Å². The fraction of sp³-hybridized carbons (Fsp3) is 0.273. The Morgan fingerprint density at radius 1 is 1.23 bits per heavy atom. The molecule has 154 valence electrons. The van der Waals surface area contributed by atoms with Gasteiger partial charge in [-0.15, -0.1) is 0 Å². The molecule has 0 radical (unpaired) electrons. The lowest BCUT2D eigenvalue weighted by Crippen LogP contribution is -2.32. The Bertz CT molecular complexity index is 1060. The van der Waals surface area contributed by atoms with Crippen molar-refractivity contribution in [2.24, 2.45) is 4.99 Å². The van der Waals surface area contributed by atoms with Crippen molar-refractivity contribution >= 4 is 23.5 Å². The van der Waals surface area contributed by atoms with E-state index in [1.54, 1.807) is 23.5 Å².